The molecule has 2 heterocycles. The van der Waals surface area contributed by atoms with Crippen LogP contribution in [0.1, 0.15) is 12.0 Å². The molecule has 0 saturated carbocycles. The average molecular weight is 426 g/mol. The number of aromatic nitrogens is 1. The number of anilines is 1. The van der Waals surface area contributed by atoms with E-state index in [1.807, 2.05) is 49.5 Å². The summed E-state index contributed by atoms with van der Waals surface area (Å²) in [6.07, 6.45) is 2.57. The van der Waals surface area contributed by atoms with Crippen molar-refractivity contribution in [2.45, 2.75) is 6.42 Å². The van der Waals surface area contributed by atoms with Gasteiger partial charge in [0.05, 0.1) is 21.7 Å². The molecule has 8 heteroatoms. The van der Waals surface area contributed by atoms with Crippen molar-refractivity contribution in [2.24, 2.45) is 0 Å². The van der Waals surface area contributed by atoms with Crippen LogP contribution in [0, 0.1) is 0 Å². The van der Waals surface area contributed by atoms with Crippen LogP contribution in [0.15, 0.2) is 53.4 Å². The number of imide groups is 1. The minimum Gasteiger partial charge on any atom is -0.494 e. The topological polar surface area (TPSA) is 71.5 Å². The van der Waals surface area contributed by atoms with Gasteiger partial charge in [0.1, 0.15) is 5.75 Å². The second-order valence-corrected chi connectivity index (χ2v) is 8.53. The largest absolute Gasteiger partial charge is 0.494 e. The first-order valence-corrected chi connectivity index (χ1v) is 10.8. The van der Waals surface area contributed by atoms with Gasteiger partial charge < -0.3 is 9.64 Å². The number of nitrogens with one attached hydrogen (secondary N) is 1. The highest BCUT2D eigenvalue weighted by Crippen LogP contribution is 2.28. The second-order valence-electron chi connectivity index (χ2n) is 6.51. The molecule has 0 radical (unpaired) electrons. The molecule has 2 amide bonds. The van der Waals surface area contributed by atoms with Gasteiger partial charge in [-0.3, -0.25) is 14.9 Å². The number of carbonyl (C=O) groups is 2. The standard InChI is InChI=1S/C21H19N3O3S2/c1-24(20-22-16-5-2-3-6-17(16)28-20)11-4-12-27-15-9-7-14(8-10-15)13-18-19(25)23-21(26)29-18/h2-3,5-10,13H,4,11-12H2,1H3,(H,23,25,26)/b18-13+. The number of benzene rings is 2. The van der Waals surface area contributed by atoms with E-state index in [-0.39, 0.29) is 11.1 Å². The van der Waals surface area contributed by atoms with Gasteiger partial charge >= 0.3 is 0 Å². The van der Waals surface area contributed by atoms with Gasteiger partial charge in [0.25, 0.3) is 11.1 Å². The fourth-order valence-electron chi connectivity index (χ4n) is 2.84. The molecule has 3 aromatic rings. The number of thioether (sulfide) groups is 1. The summed E-state index contributed by atoms with van der Waals surface area (Å²) in [6, 6.07) is 15.6. The molecule has 29 heavy (non-hydrogen) atoms. The summed E-state index contributed by atoms with van der Waals surface area (Å²) < 4.78 is 7.00. The van der Waals surface area contributed by atoms with Crippen molar-refractivity contribution < 1.29 is 14.3 Å². The fraction of sp³-hybridized carbons (Fsp3) is 0.190. The highest BCUT2D eigenvalue weighted by atomic mass is 32.2. The molecule has 0 aliphatic carbocycles. The smallest absolute Gasteiger partial charge is 0.290 e. The lowest BCUT2D eigenvalue weighted by atomic mass is 10.2. The Morgan fingerprint density at radius 2 is 1.93 bits per heavy atom. The number of ether oxygens (including phenoxy) is 1. The van der Waals surface area contributed by atoms with Crippen molar-refractivity contribution in [1.82, 2.24) is 10.3 Å². The van der Waals surface area contributed by atoms with Crippen molar-refractivity contribution in [3.05, 3.63) is 59.0 Å². The van der Waals surface area contributed by atoms with Crippen LogP contribution >= 0.6 is 23.1 Å². The van der Waals surface area contributed by atoms with E-state index in [9.17, 15) is 9.59 Å². The Kier molecular flexibility index (Phi) is 5.82. The molecular weight excluding hydrogens is 406 g/mol. The minimum atomic E-state index is -0.349. The zero-order valence-electron chi connectivity index (χ0n) is 15.8. The molecule has 148 valence electrons. The normalized spacial score (nSPS) is 15.1. The molecule has 1 aliphatic rings. The number of nitrogens with zero attached hydrogens (tertiary/aromatic N) is 2. The number of hydrogen-bond acceptors (Lipinski definition) is 7. The molecule has 4 rings (SSSR count). The zero-order chi connectivity index (χ0) is 20.2. The number of carbonyl (C=O) groups excluding carboxylic acids is 2. The summed E-state index contributed by atoms with van der Waals surface area (Å²) in [5.41, 5.74) is 1.88. The molecule has 0 atom stereocenters. The summed E-state index contributed by atoms with van der Waals surface area (Å²) in [4.78, 5) is 30.0. The van der Waals surface area contributed by atoms with E-state index in [0.717, 1.165) is 46.7 Å². The van der Waals surface area contributed by atoms with Gasteiger partial charge in [0.15, 0.2) is 5.13 Å². The number of amides is 2. The predicted octanol–water partition coefficient (Wildman–Crippen LogP) is 4.53. The van der Waals surface area contributed by atoms with Crippen LogP contribution < -0.4 is 15.0 Å². The second kappa shape index (κ2) is 8.67. The van der Waals surface area contributed by atoms with Gasteiger partial charge in [-0.15, -0.1) is 0 Å². The Balaban J connectivity index is 1.26. The molecule has 1 saturated heterocycles. The number of hydrogen-bond donors (Lipinski definition) is 1. The molecule has 1 aromatic heterocycles. The Morgan fingerprint density at radius 1 is 1.14 bits per heavy atom. The third-order valence-electron chi connectivity index (χ3n) is 4.34. The van der Waals surface area contributed by atoms with Crippen LogP contribution in [-0.4, -0.2) is 36.3 Å². The minimum absolute atomic E-state index is 0.336. The van der Waals surface area contributed by atoms with Crippen molar-refractivity contribution in [1.29, 1.82) is 0 Å². The monoisotopic (exact) mass is 425 g/mol. The Hall–Kier alpha value is -2.84. The van der Waals surface area contributed by atoms with Gasteiger partial charge in [-0.05, 0) is 54.1 Å². The molecule has 2 aromatic carbocycles. The maximum absolute atomic E-state index is 11.6. The van der Waals surface area contributed by atoms with Crippen molar-refractivity contribution in [3.63, 3.8) is 0 Å². The molecular formula is C21H19N3O3S2. The summed E-state index contributed by atoms with van der Waals surface area (Å²) in [6.45, 7) is 1.45. The van der Waals surface area contributed by atoms with E-state index < -0.39 is 0 Å². The summed E-state index contributed by atoms with van der Waals surface area (Å²) in [7, 11) is 2.04. The molecule has 1 N–H and O–H groups in total. The summed E-state index contributed by atoms with van der Waals surface area (Å²) in [5, 5.41) is 2.92. The number of para-hydroxylation sites is 1. The van der Waals surface area contributed by atoms with Crippen LogP contribution in [-0.2, 0) is 4.79 Å². The Labute approximate surface area is 176 Å². The van der Waals surface area contributed by atoms with Gasteiger partial charge in [-0.25, -0.2) is 4.98 Å². The molecule has 0 unspecified atom stereocenters. The maximum Gasteiger partial charge on any atom is 0.290 e. The number of rotatable bonds is 7. The summed E-state index contributed by atoms with van der Waals surface area (Å²) in [5.74, 6) is 0.423. The zero-order valence-corrected chi connectivity index (χ0v) is 17.4. The van der Waals surface area contributed by atoms with Crippen LogP contribution in [0.3, 0.4) is 0 Å². The quantitative estimate of drug-likeness (QED) is 0.443. The van der Waals surface area contributed by atoms with E-state index in [2.05, 4.69) is 21.3 Å². The average Bonchev–Trinajstić information content (AvgIpc) is 3.29. The van der Waals surface area contributed by atoms with E-state index in [1.54, 1.807) is 17.4 Å². The molecule has 0 spiro atoms. The Morgan fingerprint density at radius 3 is 2.66 bits per heavy atom. The highest BCUT2D eigenvalue weighted by Gasteiger charge is 2.24. The highest BCUT2D eigenvalue weighted by molar-refractivity contribution is 8.18. The molecule has 6 nitrogen and oxygen atoms in total. The van der Waals surface area contributed by atoms with Crippen LogP contribution in [0.2, 0.25) is 0 Å². The van der Waals surface area contributed by atoms with Gasteiger partial charge in [-0.1, -0.05) is 35.6 Å². The van der Waals surface area contributed by atoms with Gasteiger partial charge in [0.2, 0.25) is 0 Å². The van der Waals surface area contributed by atoms with Crippen LogP contribution in [0.5, 0.6) is 5.75 Å². The maximum atomic E-state index is 11.6. The van der Waals surface area contributed by atoms with Crippen LogP contribution in [0.4, 0.5) is 9.93 Å². The van der Waals surface area contributed by atoms with Crippen molar-refractivity contribution >= 4 is 55.7 Å². The van der Waals surface area contributed by atoms with E-state index in [1.165, 1.54) is 4.70 Å². The number of fused-ring (bicyclic) bond motifs is 1. The molecule has 0 bridgehead atoms. The molecule has 1 aliphatic heterocycles. The third kappa shape index (κ3) is 4.78. The first-order chi connectivity index (χ1) is 14.1. The predicted molar refractivity (Wildman–Crippen MR) is 119 cm³/mol. The third-order valence-corrected chi connectivity index (χ3v) is 6.30. The first-order valence-electron chi connectivity index (χ1n) is 9.13. The van der Waals surface area contributed by atoms with Gasteiger partial charge in [0, 0.05) is 13.6 Å². The number of thiazole rings is 1. The first kappa shape index (κ1) is 19.5. The van der Waals surface area contributed by atoms with Crippen molar-refractivity contribution in [2.75, 3.05) is 25.1 Å². The summed E-state index contributed by atoms with van der Waals surface area (Å²) >= 11 is 2.60. The molecule has 1 fully saturated rings. The lowest BCUT2D eigenvalue weighted by Gasteiger charge is -2.15. The van der Waals surface area contributed by atoms with Crippen molar-refractivity contribution in [3.8, 4) is 5.75 Å². The fourth-order valence-corrected chi connectivity index (χ4v) is 4.48. The van der Waals surface area contributed by atoms with E-state index >= 15 is 0 Å². The van der Waals surface area contributed by atoms with Gasteiger partial charge in [-0.2, -0.15) is 0 Å². The Bertz CT molecular complexity index is 1040. The lowest BCUT2D eigenvalue weighted by molar-refractivity contribution is -0.115. The van der Waals surface area contributed by atoms with Crippen LogP contribution in [0.25, 0.3) is 16.3 Å². The lowest BCUT2D eigenvalue weighted by Crippen LogP contribution is -2.20. The van der Waals surface area contributed by atoms with E-state index in [4.69, 9.17) is 4.74 Å². The van der Waals surface area contributed by atoms with E-state index in [0.29, 0.717) is 11.5 Å². The SMILES string of the molecule is CN(CCCOc1ccc(/C=C2/SC(=O)NC2=O)cc1)c1nc2ccccc2s1.